The summed E-state index contributed by atoms with van der Waals surface area (Å²) < 4.78 is 34.7. The first-order valence-corrected chi connectivity index (χ1v) is 16.9. The number of ether oxygens (including phenoxy) is 1. The van der Waals surface area contributed by atoms with Gasteiger partial charge in [-0.3, -0.25) is 9.69 Å². The maximum absolute atomic E-state index is 13.9. The SMILES string of the molecule is COc1cc(C)c(S(=O)(=O)N2CCCCC2CCC(=O)N2CCc3sc(CN4CCN(C)CC4)cc3C2)c(C)c1. The first kappa shape index (κ1) is 29.5. The number of thiophene rings is 1. The summed E-state index contributed by atoms with van der Waals surface area (Å²) in [5.41, 5.74) is 2.69. The molecular formula is C30H44N4O4S2. The van der Waals surface area contributed by atoms with Gasteiger partial charge < -0.3 is 14.5 Å². The summed E-state index contributed by atoms with van der Waals surface area (Å²) in [6.07, 6.45) is 4.49. The Labute approximate surface area is 243 Å². The molecule has 0 spiro atoms. The minimum atomic E-state index is -3.68. The van der Waals surface area contributed by atoms with Crippen LogP contribution in [0.2, 0.25) is 0 Å². The quantitative estimate of drug-likeness (QED) is 0.464. The smallest absolute Gasteiger partial charge is 0.243 e. The zero-order valence-electron chi connectivity index (χ0n) is 24.4. The number of likely N-dealkylation sites (N-methyl/N-ethyl adjacent to an activating group) is 1. The van der Waals surface area contributed by atoms with Crippen LogP contribution >= 0.6 is 11.3 Å². The fourth-order valence-electron chi connectivity index (χ4n) is 6.49. The number of nitrogens with zero attached hydrogens (tertiary/aromatic N) is 4. The third-order valence-electron chi connectivity index (χ3n) is 8.75. The second-order valence-corrected chi connectivity index (χ2v) is 14.7. The van der Waals surface area contributed by atoms with Crippen molar-refractivity contribution >= 4 is 27.3 Å². The average Bonchev–Trinajstić information content (AvgIpc) is 3.34. The fraction of sp³-hybridized carbons (Fsp3) is 0.633. The van der Waals surface area contributed by atoms with Gasteiger partial charge in [-0.2, -0.15) is 4.31 Å². The molecule has 5 rings (SSSR count). The first-order valence-electron chi connectivity index (χ1n) is 14.6. The van der Waals surface area contributed by atoms with Crippen LogP contribution in [-0.4, -0.2) is 92.8 Å². The molecule has 1 atom stereocenters. The molecule has 1 amide bonds. The van der Waals surface area contributed by atoms with Gasteiger partial charge >= 0.3 is 0 Å². The normalized spacial score (nSPS) is 21.4. The Morgan fingerprint density at radius 1 is 1.02 bits per heavy atom. The third kappa shape index (κ3) is 6.41. The lowest BCUT2D eigenvalue weighted by Gasteiger charge is -2.36. The van der Waals surface area contributed by atoms with Gasteiger partial charge in [0, 0.05) is 74.6 Å². The second-order valence-electron chi connectivity index (χ2n) is 11.7. The van der Waals surface area contributed by atoms with Crippen LogP contribution in [0.5, 0.6) is 5.75 Å². The molecule has 0 N–H and O–H groups in total. The zero-order chi connectivity index (χ0) is 28.4. The Hall–Kier alpha value is -1.98. The maximum atomic E-state index is 13.9. The number of carbonyl (C=O) groups is 1. The van der Waals surface area contributed by atoms with E-state index in [1.165, 1.54) is 15.3 Å². The van der Waals surface area contributed by atoms with Gasteiger partial charge in [-0.1, -0.05) is 6.42 Å². The monoisotopic (exact) mass is 588 g/mol. The van der Waals surface area contributed by atoms with E-state index < -0.39 is 10.0 Å². The summed E-state index contributed by atoms with van der Waals surface area (Å²) in [6.45, 7) is 11.0. The number of aryl methyl sites for hydroxylation is 2. The van der Waals surface area contributed by atoms with Crippen LogP contribution in [-0.2, 0) is 34.3 Å². The van der Waals surface area contributed by atoms with Crippen LogP contribution in [0.4, 0.5) is 0 Å². The molecule has 8 nitrogen and oxygen atoms in total. The van der Waals surface area contributed by atoms with Crippen molar-refractivity contribution in [2.24, 2.45) is 0 Å². The highest BCUT2D eigenvalue weighted by Crippen LogP contribution is 2.34. The van der Waals surface area contributed by atoms with Crippen LogP contribution in [0, 0.1) is 13.8 Å². The summed E-state index contributed by atoms with van der Waals surface area (Å²) in [6, 6.07) is 5.73. The number of carbonyl (C=O) groups excluding carboxylic acids is 1. The van der Waals surface area contributed by atoms with E-state index >= 15 is 0 Å². The highest BCUT2D eigenvalue weighted by molar-refractivity contribution is 7.89. The summed E-state index contributed by atoms with van der Waals surface area (Å²) in [4.78, 5) is 23.4. The van der Waals surface area contributed by atoms with Crippen LogP contribution in [0.3, 0.4) is 0 Å². The van der Waals surface area contributed by atoms with Gasteiger partial charge in [-0.15, -0.1) is 11.3 Å². The molecule has 1 unspecified atom stereocenters. The van der Waals surface area contributed by atoms with Gasteiger partial charge in [0.1, 0.15) is 5.75 Å². The number of piperidine rings is 1. The molecule has 1 aromatic carbocycles. The number of sulfonamides is 1. The third-order valence-corrected chi connectivity index (χ3v) is 12.2. The second kappa shape index (κ2) is 12.5. The van der Waals surface area contributed by atoms with E-state index in [9.17, 15) is 13.2 Å². The van der Waals surface area contributed by atoms with Gasteiger partial charge in [0.2, 0.25) is 15.9 Å². The molecule has 2 aromatic rings. The number of amides is 1. The Morgan fingerprint density at radius 3 is 2.45 bits per heavy atom. The van der Waals surface area contributed by atoms with Crippen molar-refractivity contribution in [1.29, 1.82) is 0 Å². The van der Waals surface area contributed by atoms with E-state index in [-0.39, 0.29) is 11.9 Å². The Balaban J connectivity index is 1.21. The molecule has 3 aliphatic rings. The van der Waals surface area contributed by atoms with Crippen molar-refractivity contribution in [2.75, 3.05) is 53.4 Å². The molecule has 0 radical (unpaired) electrons. The summed E-state index contributed by atoms with van der Waals surface area (Å²) in [5.74, 6) is 0.800. The Morgan fingerprint density at radius 2 is 1.75 bits per heavy atom. The summed E-state index contributed by atoms with van der Waals surface area (Å²) in [7, 11) is 0.0979. The number of methoxy groups -OCH3 is 1. The summed E-state index contributed by atoms with van der Waals surface area (Å²) >= 11 is 1.91. The van der Waals surface area contributed by atoms with Crippen molar-refractivity contribution < 1.29 is 17.9 Å². The van der Waals surface area contributed by atoms with Crippen molar-refractivity contribution in [2.45, 2.75) is 76.4 Å². The van der Waals surface area contributed by atoms with E-state index in [0.717, 1.165) is 65.0 Å². The average molecular weight is 589 g/mol. The van der Waals surface area contributed by atoms with Crippen LogP contribution in [0.25, 0.3) is 0 Å². The molecule has 4 heterocycles. The van der Waals surface area contributed by atoms with Crippen molar-refractivity contribution in [3.8, 4) is 5.75 Å². The minimum Gasteiger partial charge on any atom is -0.497 e. The number of hydrogen-bond donors (Lipinski definition) is 0. The molecule has 1 aromatic heterocycles. The van der Waals surface area contributed by atoms with Crippen LogP contribution < -0.4 is 4.74 Å². The van der Waals surface area contributed by atoms with Gasteiger partial charge in [-0.25, -0.2) is 8.42 Å². The lowest BCUT2D eigenvalue weighted by atomic mass is 9.99. The number of benzene rings is 1. The minimum absolute atomic E-state index is 0.136. The molecule has 3 aliphatic heterocycles. The maximum Gasteiger partial charge on any atom is 0.243 e. The van der Waals surface area contributed by atoms with Crippen LogP contribution in [0.1, 0.15) is 58.5 Å². The molecule has 2 fully saturated rings. The van der Waals surface area contributed by atoms with E-state index in [1.807, 2.05) is 30.1 Å². The molecule has 0 aliphatic carbocycles. The predicted octanol–water partition coefficient (Wildman–Crippen LogP) is 4.03. The Bertz CT molecular complexity index is 1290. The fourth-order valence-corrected chi connectivity index (χ4v) is 9.84. The lowest BCUT2D eigenvalue weighted by molar-refractivity contribution is -0.132. The molecule has 0 bridgehead atoms. The predicted molar refractivity (Wildman–Crippen MR) is 159 cm³/mol. The van der Waals surface area contributed by atoms with E-state index in [4.69, 9.17) is 4.74 Å². The molecule has 10 heteroatoms. The van der Waals surface area contributed by atoms with Gasteiger partial charge in [0.15, 0.2) is 0 Å². The lowest BCUT2D eigenvalue weighted by Crippen LogP contribution is -2.45. The molecule has 40 heavy (non-hydrogen) atoms. The van der Waals surface area contributed by atoms with E-state index in [1.54, 1.807) is 23.5 Å². The molecule has 0 saturated carbocycles. The number of hydrogen-bond acceptors (Lipinski definition) is 7. The van der Waals surface area contributed by atoms with Crippen LogP contribution in [0.15, 0.2) is 23.1 Å². The molecular weight excluding hydrogens is 544 g/mol. The number of fused-ring (bicyclic) bond motifs is 1. The van der Waals surface area contributed by atoms with Crippen molar-refractivity contribution in [3.63, 3.8) is 0 Å². The molecule has 2 saturated heterocycles. The van der Waals surface area contributed by atoms with E-state index in [2.05, 4.69) is 22.9 Å². The Kier molecular flexibility index (Phi) is 9.21. The van der Waals surface area contributed by atoms with Crippen molar-refractivity contribution in [1.82, 2.24) is 19.0 Å². The standard InChI is InChI=1S/C30H44N4O4S2/c1-22-17-26(38-4)18-23(2)30(22)40(36,37)34-11-6-5-7-25(34)8-9-29(35)33-12-10-28-24(20-33)19-27(39-28)21-32-15-13-31(3)14-16-32/h17-19,25H,5-16,20-21H2,1-4H3. The highest BCUT2D eigenvalue weighted by atomic mass is 32.2. The summed E-state index contributed by atoms with van der Waals surface area (Å²) in [5, 5.41) is 0. The topological polar surface area (TPSA) is 73.4 Å². The van der Waals surface area contributed by atoms with Gasteiger partial charge in [0.25, 0.3) is 0 Å². The highest BCUT2D eigenvalue weighted by Gasteiger charge is 2.36. The van der Waals surface area contributed by atoms with Gasteiger partial charge in [-0.05, 0) is 81.5 Å². The van der Waals surface area contributed by atoms with Gasteiger partial charge in [0.05, 0.1) is 12.0 Å². The van der Waals surface area contributed by atoms with Crippen molar-refractivity contribution in [3.05, 3.63) is 44.6 Å². The number of piperazine rings is 1. The zero-order valence-corrected chi connectivity index (χ0v) is 26.1. The van der Waals surface area contributed by atoms with E-state index in [0.29, 0.717) is 47.7 Å². The molecule has 220 valence electrons. The largest absolute Gasteiger partial charge is 0.497 e. The number of rotatable bonds is 8. The first-order chi connectivity index (χ1) is 19.2.